The van der Waals surface area contributed by atoms with Gasteiger partial charge in [-0.1, -0.05) is 123 Å². The molecule has 0 aliphatic carbocycles. The molecule has 0 N–H and O–H groups in total. The Morgan fingerprint density at radius 2 is 0.561 bits per heavy atom. The summed E-state index contributed by atoms with van der Waals surface area (Å²) in [6.07, 6.45) is 0. The molecule has 0 saturated carbocycles. The Morgan fingerprint density at radius 3 is 0.737 bits per heavy atom. The van der Waals surface area contributed by atoms with E-state index in [-0.39, 0.29) is 0 Å². The molecule has 0 aliphatic heterocycles. The van der Waals surface area contributed by atoms with Crippen molar-refractivity contribution in [3.8, 4) is 46.0 Å². The maximum atomic E-state index is 5.98. The van der Waals surface area contributed by atoms with Gasteiger partial charge in [0.15, 0.2) is 46.0 Å². The average molecular weight is 865 g/mol. The van der Waals surface area contributed by atoms with Gasteiger partial charge in [0.25, 0.3) is 0 Å². The van der Waals surface area contributed by atoms with E-state index in [1.54, 1.807) is 56.9 Å². The molecule has 0 spiro atoms. The van der Waals surface area contributed by atoms with Crippen LogP contribution in [0.4, 0.5) is 0 Å². The summed E-state index contributed by atoms with van der Waals surface area (Å²) < 4.78 is 47.0. The van der Waals surface area contributed by atoms with Crippen molar-refractivity contribution < 1.29 is 37.9 Å². The summed E-state index contributed by atoms with van der Waals surface area (Å²) in [5, 5.41) is 5.40. The smallest absolute Gasteiger partial charge is 0.160 e. The monoisotopic (exact) mass is 864 g/mol. The van der Waals surface area contributed by atoms with E-state index >= 15 is 0 Å². The summed E-state index contributed by atoms with van der Waals surface area (Å²) in [6.45, 7) is 10.1. The van der Waals surface area contributed by atoms with Gasteiger partial charge in [-0.25, -0.2) is 0 Å². The van der Waals surface area contributed by atoms with E-state index in [4.69, 9.17) is 37.9 Å². The third-order valence-corrected chi connectivity index (χ3v) is 27.8. The average Bonchev–Trinajstić information content (AvgIpc) is 3.19. The van der Waals surface area contributed by atoms with E-state index in [9.17, 15) is 0 Å². The topological polar surface area (TPSA) is 73.8 Å². The summed E-state index contributed by atoms with van der Waals surface area (Å²) in [5.74, 6) is 6.93. The van der Waals surface area contributed by atoms with Crippen LogP contribution in [0.1, 0.15) is 27.7 Å². The lowest BCUT2D eigenvalue weighted by atomic mass is 10.3. The van der Waals surface area contributed by atoms with Crippen molar-refractivity contribution in [2.45, 2.75) is 74.0 Å². The molecule has 0 radical (unpaired) electrons. The maximum absolute atomic E-state index is 5.98. The first-order valence-corrected chi connectivity index (χ1v) is 29.2. The lowest BCUT2D eigenvalue weighted by Crippen LogP contribution is -2.43. The van der Waals surface area contributed by atoms with Gasteiger partial charge >= 0.3 is 0 Å². The Bertz CT molecular complexity index is 1590. The van der Waals surface area contributed by atoms with E-state index < -0.39 is 46.2 Å². The molecular weight excluding hydrogens is 797 g/mol. The molecule has 0 heterocycles. The molecule has 0 amide bonds. The Hall–Kier alpha value is -3.64. The highest BCUT2D eigenvalue weighted by molar-refractivity contribution is 6.84. The predicted octanol–water partition coefficient (Wildman–Crippen LogP) is 4.71. The zero-order valence-corrected chi connectivity index (χ0v) is 43.3. The fraction of sp³-hybridized carbons (Fsp3) is 0.455. The van der Waals surface area contributed by atoms with Crippen molar-refractivity contribution >= 4 is 66.9 Å². The number of methoxy groups -OCH3 is 8. The highest BCUT2D eigenvalue weighted by Crippen LogP contribution is 2.43. The first-order chi connectivity index (χ1) is 27.5. The second-order valence-electron chi connectivity index (χ2n) is 16.2. The minimum Gasteiger partial charge on any atom is -0.493 e. The van der Waals surface area contributed by atoms with Crippen LogP contribution in [0.2, 0.25) is 46.3 Å². The number of rotatable bonds is 24. The summed E-state index contributed by atoms with van der Waals surface area (Å²) >= 11 is 0. The number of hydrogen-bond acceptors (Lipinski definition) is 8. The third kappa shape index (κ3) is 12.2. The Balaban J connectivity index is 1.80. The summed E-state index contributed by atoms with van der Waals surface area (Å²) in [4.78, 5) is 0. The Morgan fingerprint density at radius 1 is 0.351 bits per heavy atom. The van der Waals surface area contributed by atoms with Crippen molar-refractivity contribution in [1.29, 1.82) is 0 Å². The van der Waals surface area contributed by atoms with Gasteiger partial charge in [0.2, 0.25) is 0 Å². The molecule has 0 aliphatic rings. The van der Waals surface area contributed by atoms with Gasteiger partial charge in [0.1, 0.15) is 0 Å². The quantitative estimate of drug-likeness (QED) is 0.0940. The van der Waals surface area contributed by atoms with E-state index in [1.807, 2.05) is 24.3 Å². The second kappa shape index (κ2) is 22.5. The summed E-state index contributed by atoms with van der Waals surface area (Å²) in [7, 11) is 9.18. The zero-order chi connectivity index (χ0) is 41.5. The van der Waals surface area contributed by atoms with Gasteiger partial charge in [-0.3, -0.25) is 0 Å². The van der Waals surface area contributed by atoms with Crippen molar-refractivity contribution in [1.82, 2.24) is 0 Å². The van der Waals surface area contributed by atoms with Crippen LogP contribution in [0, 0.1) is 0 Å². The fourth-order valence-electron chi connectivity index (χ4n) is 9.70. The standard InChI is InChI=1S/C44H68O8Si5/c1-29(53-37-21-13-17-33(45-5)41(37)49-9)25-57(26-30(2)54-38-22-14-18-34(46-6)42(38)50-10,27-31(3)55-39-23-15-19-35(47-7)43(39)51-11)28-32(4)56-40-24-16-20-36(48-8)44(40)52-12/h13-24,29-32H,25-28,53-56H2,1-12H3. The molecule has 57 heavy (non-hydrogen) atoms. The lowest BCUT2D eigenvalue weighted by Gasteiger charge is -2.40. The van der Waals surface area contributed by atoms with Gasteiger partial charge in [-0.15, -0.1) is 0 Å². The molecule has 4 aromatic rings. The summed E-state index contributed by atoms with van der Waals surface area (Å²) in [5.41, 5.74) is 2.38. The molecule has 0 bridgehead atoms. The SMILES string of the molecule is COc1cccc([SiH2]C(C)C[Si](CC(C)[SiH2]c2cccc(OC)c2OC)(CC(C)[SiH2]c2cccc(OC)c2OC)CC(C)[SiH2]c2cccc(OC)c2OC)c1OC. The number of benzene rings is 4. The first kappa shape index (κ1) is 46.1. The van der Waals surface area contributed by atoms with Gasteiger partial charge in [0, 0.05) is 0 Å². The molecule has 8 nitrogen and oxygen atoms in total. The molecule has 0 saturated heterocycles. The Labute approximate surface area is 352 Å². The number of para-hydroxylation sites is 4. The van der Waals surface area contributed by atoms with Crippen LogP contribution in [-0.4, -0.2) is 103 Å². The minimum absolute atomic E-state index is 0.596. The molecule has 4 rings (SSSR count). The van der Waals surface area contributed by atoms with Gasteiger partial charge in [-0.05, 0) is 45.0 Å². The van der Waals surface area contributed by atoms with E-state index in [2.05, 4.69) is 76.2 Å². The van der Waals surface area contributed by atoms with Gasteiger partial charge < -0.3 is 37.9 Å². The molecule has 13 heteroatoms. The lowest BCUT2D eigenvalue weighted by molar-refractivity contribution is 0.357. The van der Waals surface area contributed by atoms with Crippen molar-refractivity contribution in [2.75, 3.05) is 56.9 Å². The van der Waals surface area contributed by atoms with Gasteiger partial charge in [-0.2, -0.15) is 0 Å². The van der Waals surface area contributed by atoms with Crippen LogP contribution in [0.3, 0.4) is 0 Å². The largest absolute Gasteiger partial charge is 0.493 e. The molecule has 312 valence electrons. The summed E-state index contributed by atoms with van der Waals surface area (Å²) in [6, 6.07) is 30.8. The molecule has 4 atom stereocenters. The first-order valence-electron chi connectivity index (χ1n) is 20.3. The number of hydrogen-bond donors (Lipinski definition) is 0. The zero-order valence-electron chi connectivity index (χ0n) is 36.7. The Kier molecular flexibility index (Phi) is 18.2. The van der Waals surface area contributed by atoms with Crippen LogP contribution >= 0.6 is 0 Å². The molecule has 0 aromatic heterocycles. The van der Waals surface area contributed by atoms with Crippen LogP contribution in [-0.2, 0) is 0 Å². The van der Waals surface area contributed by atoms with Crippen LogP contribution in [0.15, 0.2) is 72.8 Å². The van der Waals surface area contributed by atoms with E-state index in [0.717, 1.165) is 46.0 Å². The minimum atomic E-state index is -2.01. The third-order valence-electron chi connectivity index (χ3n) is 11.3. The van der Waals surface area contributed by atoms with Crippen LogP contribution < -0.4 is 58.6 Å². The highest BCUT2D eigenvalue weighted by Gasteiger charge is 2.39. The fourth-order valence-corrected chi connectivity index (χ4v) is 32.4. The van der Waals surface area contributed by atoms with Crippen molar-refractivity contribution in [3.63, 3.8) is 0 Å². The maximum Gasteiger partial charge on any atom is 0.160 e. The predicted molar refractivity (Wildman–Crippen MR) is 254 cm³/mol. The number of ether oxygens (including phenoxy) is 8. The van der Waals surface area contributed by atoms with Gasteiger partial charge in [0.05, 0.1) is 103 Å². The van der Waals surface area contributed by atoms with Crippen molar-refractivity contribution in [3.05, 3.63) is 72.8 Å². The molecular formula is C44H68O8Si5. The van der Waals surface area contributed by atoms with Crippen LogP contribution in [0.25, 0.3) is 0 Å². The second-order valence-corrected chi connectivity index (χ2v) is 31.1. The molecule has 0 fully saturated rings. The van der Waals surface area contributed by atoms with Crippen LogP contribution in [0.5, 0.6) is 46.0 Å². The van der Waals surface area contributed by atoms with Crippen molar-refractivity contribution in [2.24, 2.45) is 0 Å². The molecule has 4 aromatic carbocycles. The van der Waals surface area contributed by atoms with E-state index in [0.29, 0.717) is 22.2 Å². The highest BCUT2D eigenvalue weighted by atomic mass is 28.3. The molecule has 4 unspecified atom stereocenters. The normalized spacial score (nSPS) is 15.2. The van der Waals surface area contributed by atoms with E-state index in [1.165, 1.54) is 44.9 Å².